The predicted octanol–water partition coefficient (Wildman–Crippen LogP) is 3.06. The first-order valence-corrected chi connectivity index (χ1v) is 5.14. The van der Waals surface area contributed by atoms with Crippen molar-refractivity contribution in [2.75, 3.05) is 10.5 Å². The van der Waals surface area contributed by atoms with Crippen LogP contribution < -0.4 is 10.5 Å². The van der Waals surface area contributed by atoms with E-state index in [0.717, 1.165) is 18.2 Å². The molecule has 0 bridgehead atoms. The number of hydrogen-bond donors (Lipinski definition) is 2. The van der Waals surface area contributed by atoms with Gasteiger partial charge in [0.2, 0.25) is 11.8 Å². The molecule has 0 fully saturated rings. The molecular formula is C10H7F6N2O3-. The van der Waals surface area contributed by atoms with Gasteiger partial charge in [0.1, 0.15) is 0 Å². The number of benzene rings is 1. The number of alkyl halides is 6. The summed E-state index contributed by atoms with van der Waals surface area (Å²) in [4.78, 5) is 11.2. The lowest BCUT2D eigenvalue weighted by atomic mass is 10.1. The van der Waals surface area contributed by atoms with Crippen LogP contribution in [0.15, 0.2) is 24.3 Å². The van der Waals surface area contributed by atoms with Gasteiger partial charge in [-0.25, -0.2) is 0 Å². The standard InChI is InChI=1S/C10H7F6N2O3/c11-9(12,13)7(10(14,15)16)8(19)17-5-3-1-2-4-6(5)18(20)21/h1-4,7,20H,(H,17,19)/q-1. The number of carbonyl (C=O) groups is 1. The van der Waals surface area contributed by atoms with Crippen LogP contribution in [0, 0.1) is 11.1 Å². The second kappa shape index (κ2) is 5.77. The molecule has 118 valence electrons. The van der Waals surface area contributed by atoms with E-state index in [1.807, 2.05) is 0 Å². The molecule has 0 aromatic heterocycles. The van der Waals surface area contributed by atoms with E-state index in [-0.39, 0.29) is 0 Å². The molecule has 0 atom stereocenters. The summed E-state index contributed by atoms with van der Waals surface area (Å²) >= 11 is 0. The zero-order valence-electron chi connectivity index (χ0n) is 9.87. The Balaban J connectivity index is 3.09. The largest absolute Gasteiger partial charge is 0.733 e. The first-order valence-electron chi connectivity index (χ1n) is 5.14. The summed E-state index contributed by atoms with van der Waals surface area (Å²) in [5, 5.41) is 19.9. The maximum Gasteiger partial charge on any atom is 0.409 e. The zero-order chi connectivity index (χ0) is 16.4. The number of carbonyl (C=O) groups excluding carboxylic acids is 1. The summed E-state index contributed by atoms with van der Waals surface area (Å²) in [6, 6.07) is 4.06. The predicted molar refractivity (Wildman–Crippen MR) is 58.3 cm³/mol. The van der Waals surface area contributed by atoms with Crippen LogP contribution in [0.3, 0.4) is 0 Å². The van der Waals surface area contributed by atoms with Gasteiger partial charge in [0.25, 0.3) is 0 Å². The van der Waals surface area contributed by atoms with Gasteiger partial charge >= 0.3 is 12.4 Å². The van der Waals surface area contributed by atoms with Crippen LogP contribution in [0.2, 0.25) is 0 Å². The Bertz CT molecular complexity index is 500. The average Bonchev–Trinajstić information content (AvgIpc) is 2.24. The number of amides is 1. The van der Waals surface area contributed by atoms with Crippen molar-refractivity contribution in [1.82, 2.24) is 0 Å². The third kappa shape index (κ3) is 4.23. The minimum absolute atomic E-state index is 0.696. The third-order valence-corrected chi connectivity index (χ3v) is 2.28. The highest BCUT2D eigenvalue weighted by Crippen LogP contribution is 2.40. The van der Waals surface area contributed by atoms with E-state index in [2.05, 4.69) is 0 Å². The molecule has 0 aliphatic heterocycles. The highest BCUT2D eigenvalue weighted by atomic mass is 19.4. The van der Waals surface area contributed by atoms with Gasteiger partial charge in [0.15, 0.2) is 0 Å². The third-order valence-electron chi connectivity index (χ3n) is 2.28. The van der Waals surface area contributed by atoms with Crippen molar-refractivity contribution in [3.63, 3.8) is 0 Å². The Kier molecular flexibility index (Phi) is 4.69. The summed E-state index contributed by atoms with van der Waals surface area (Å²) < 4.78 is 74.0. The van der Waals surface area contributed by atoms with Crippen LogP contribution >= 0.6 is 0 Å². The van der Waals surface area contributed by atoms with E-state index in [1.165, 1.54) is 11.4 Å². The molecule has 0 saturated heterocycles. The fourth-order valence-corrected chi connectivity index (χ4v) is 1.43. The summed E-state index contributed by atoms with van der Waals surface area (Å²) in [5.41, 5.74) is -1.41. The van der Waals surface area contributed by atoms with Crippen LogP contribution in [0.4, 0.5) is 37.7 Å². The summed E-state index contributed by atoms with van der Waals surface area (Å²) in [7, 11) is 0. The van der Waals surface area contributed by atoms with Crippen molar-refractivity contribution < 1.29 is 36.3 Å². The summed E-state index contributed by atoms with van der Waals surface area (Å²) in [6.45, 7) is 0. The highest BCUT2D eigenvalue weighted by Gasteiger charge is 2.61. The van der Waals surface area contributed by atoms with Crippen molar-refractivity contribution in [1.29, 1.82) is 0 Å². The Morgan fingerprint density at radius 1 is 1.14 bits per heavy atom. The molecule has 21 heavy (non-hydrogen) atoms. The molecule has 0 saturated carbocycles. The molecule has 0 aliphatic carbocycles. The molecule has 1 aromatic rings. The van der Waals surface area contributed by atoms with Gasteiger partial charge in [-0.1, -0.05) is 12.1 Å². The second-order valence-electron chi connectivity index (χ2n) is 3.80. The average molecular weight is 317 g/mol. The van der Waals surface area contributed by atoms with Gasteiger partial charge in [-0.05, 0) is 12.1 Å². The van der Waals surface area contributed by atoms with Gasteiger partial charge in [0.05, 0.1) is 11.4 Å². The molecule has 0 heterocycles. The maximum absolute atomic E-state index is 12.3. The van der Waals surface area contributed by atoms with Crippen molar-refractivity contribution in [2.24, 2.45) is 5.92 Å². The van der Waals surface area contributed by atoms with E-state index in [4.69, 9.17) is 5.21 Å². The molecule has 0 unspecified atom stereocenters. The van der Waals surface area contributed by atoms with Crippen LogP contribution in [0.25, 0.3) is 0 Å². The molecule has 0 spiro atoms. The number of hydrogen-bond acceptors (Lipinski definition) is 4. The van der Waals surface area contributed by atoms with Gasteiger partial charge in [0, 0.05) is 0 Å². The molecular weight excluding hydrogens is 310 g/mol. The number of rotatable bonds is 3. The van der Waals surface area contributed by atoms with Crippen molar-refractivity contribution >= 4 is 17.3 Å². The molecule has 2 N–H and O–H groups in total. The van der Waals surface area contributed by atoms with E-state index >= 15 is 0 Å². The molecule has 1 amide bonds. The Hall–Kier alpha value is -2.01. The lowest BCUT2D eigenvalue weighted by Crippen LogP contribution is -2.45. The van der Waals surface area contributed by atoms with Crippen molar-refractivity contribution in [3.8, 4) is 0 Å². The van der Waals surface area contributed by atoms with E-state index in [9.17, 15) is 36.3 Å². The minimum atomic E-state index is -5.85. The Morgan fingerprint density at radius 2 is 1.62 bits per heavy atom. The maximum atomic E-state index is 12.3. The topological polar surface area (TPSA) is 75.6 Å². The summed E-state index contributed by atoms with van der Waals surface area (Å²) in [6.07, 6.45) is -11.7. The second-order valence-corrected chi connectivity index (χ2v) is 3.80. The summed E-state index contributed by atoms with van der Waals surface area (Å²) in [5.74, 6) is -6.67. The zero-order valence-corrected chi connectivity index (χ0v) is 9.87. The van der Waals surface area contributed by atoms with Crippen LogP contribution in [0.1, 0.15) is 0 Å². The Labute approximate surface area is 113 Å². The normalized spacial score (nSPS) is 12.4. The van der Waals surface area contributed by atoms with E-state index < -0.39 is 40.8 Å². The lowest BCUT2D eigenvalue weighted by molar-refractivity contribution is -0.272. The molecule has 1 rings (SSSR count). The quantitative estimate of drug-likeness (QED) is 0.663. The lowest BCUT2D eigenvalue weighted by Gasteiger charge is -2.26. The number of nitrogens with one attached hydrogen (secondary N) is 1. The first kappa shape index (κ1) is 17.0. The van der Waals surface area contributed by atoms with Gasteiger partial charge in [-0.2, -0.15) is 26.3 Å². The fraction of sp³-hybridized carbons (Fsp3) is 0.300. The van der Waals surface area contributed by atoms with Crippen molar-refractivity contribution in [3.05, 3.63) is 29.5 Å². The molecule has 5 nitrogen and oxygen atoms in total. The van der Waals surface area contributed by atoms with Gasteiger partial charge in [-0.15, -0.1) is 0 Å². The Morgan fingerprint density at radius 3 is 2.05 bits per heavy atom. The van der Waals surface area contributed by atoms with Crippen LogP contribution in [-0.2, 0) is 4.79 Å². The molecule has 1 aromatic carbocycles. The number of anilines is 2. The molecule has 0 aliphatic rings. The minimum Gasteiger partial charge on any atom is -0.733 e. The van der Waals surface area contributed by atoms with Crippen LogP contribution in [-0.4, -0.2) is 23.5 Å². The van der Waals surface area contributed by atoms with E-state index in [0.29, 0.717) is 0 Å². The first-order chi connectivity index (χ1) is 9.44. The highest BCUT2D eigenvalue weighted by molar-refractivity contribution is 5.96. The van der Waals surface area contributed by atoms with Gasteiger partial charge in [-0.3, -0.25) is 10.0 Å². The smallest absolute Gasteiger partial charge is 0.409 e. The fourth-order valence-electron chi connectivity index (χ4n) is 1.43. The molecule has 11 heteroatoms. The monoisotopic (exact) mass is 317 g/mol. The number of para-hydroxylation sites is 2. The number of nitrogens with zero attached hydrogens (tertiary/aromatic N) is 1. The molecule has 0 radical (unpaired) electrons. The van der Waals surface area contributed by atoms with Gasteiger partial charge < -0.3 is 15.8 Å². The number of halogens is 6. The SMILES string of the molecule is O=C(Nc1ccccc1N([O-])O)C(C(F)(F)F)C(F)(F)F. The van der Waals surface area contributed by atoms with Crippen molar-refractivity contribution in [2.45, 2.75) is 12.4 Å². The van der Waals surface area contributed by atoms with E-state index in [1.54, 1.807) is 0 Å². The van der Waals surface area contributed by atoms with Crippen LogP contribution in [0.5, 0.6) is 0 Å².